The Kier molecular flexibility index (Phi) is 25.0. The number of carbonyl (C=O) groups excluding carboxylic acids is 4. The number of Topliss-reactive ketones (excluding diaryl/α,β-unsaturated/α-hetero) is 2. The van der Waals surface area contributed by atoms with Gasteiger partial charge >= 0.3 is 5.97 Å². The predicted molar refractivity (Wildman–Crippen MR) is 308 cm³/mol. The van der Waals surface area contributed by atoms with Gasteiger partial charge in [0.1, 0.15) is 24.0 Å². The van der Waals surface area contributed by atoms with Crippen molar-refractivity contribution in [3.05, 3.63) is 23.3 Å². The van der Waals surface area contributed by atoms with Crippen molar-refractivity contribution in [3.8, 4) is 0 Å². The normalized spacial score (nSPS) is 34.1. The van der Waals surface area contributed by atoms with E-state index < -0.39 is 88.5 Å². The number of carbonyl (C=O) groups is 4. The fraction of sp³-hybridized carbons (Fsp3) is 0.869. The molecule has 14 atom stereocenters. The summed E-state index contributed by atoms with van der Waals surface area (Å²) in [5, 5.41) is 12.4. The van der Waals surface area contributed by atoms with Crippen molar-refractivity contribution in [3.63, 3.8) is 0 Å². The Morgan fingerprint density at radius 2 is 1.25 bits per heavy atom. The van der Waals surface area contributed by atoms with Crippen LogP contribution >= 0.6 is 0 Å². The number of ether oxygens (including phenoxy) is 5. The van der Waals surface area contributed by atoms with E-state index in [1.165, 1.54) is 4.90 Å². The zero-order valence-corrected chi connectivity index (χ0v) is 53.5. The van der Waals surface area contributed by atoms with Gasteiger partial charge in [0.25, 0.3) is 11.7 Å². The number of hydrogen-bond acceptors (Lipinski definition) is 12. The summed E-state index contributed by atoms with van der Waals surface area (Å²) in [4.78, 5) is 61.2. The lowest BCUT2D eigenvalue weighted by molar-refractivity contribution is -0.302. The van der Waals surface area contributed by atoms with Crippen LogP contribution in [-0.4, -0.2) is 133 Å². The quantitative estimate of drug-likeness (QED) is 0.0676. The van der Waals surface area contributed by atoms with Gasteiger partial charge in [-0.15, -0.1) is 0 Å². The highest BCUT2D eigenvalue weighted by atomic mass is 28.4. The largest absolute Gasteiger partial charge is 0.456 e. The number of methoxy groups -OCH3 is 3. The van der Waals surface area contributed by atoms with Gasteiger partial charge in [0.05, 0.1) is 30.5 Å². The fourth-order valence-corrected chi connectivity index (χ4v) is 26.2. The van der Waals surface area contributed by atoms with Crippen molar-refractivity contribution in [2.45, 2.75) is 283 Å². The van der Waals surface area contributed by atoms with Gasteiger partial charge in [-0.05, 0) is 129 Å². The molecule has 0 radical (unpaired) electrons. The van der Waals surface area contributed by atoms with Crippen LogP contribution in [0.1, 0.15) is 195 Å². The molecule has 13 nitrogen and oxygen atoms in total. The van der Waals surface area contributed by atoms with Crippen LogP contribution in [-0.2, 0) is 51.7 Å². The van der Waals surface area contributed by atoms with Crippen molar-refractivity contribution in [1.82, 2.24) is 4.90 Å². The van der Waals surface area contributed by atoms with Crippen LogP contribution in [0.25, 0.3) is 0 Å². The van der Waals surface area contributed by atoms with E-state index in [4.69, 9.17) is 32.5 Å². The lowest BCUT2D eigenvalue weighted by Gasteiger charge is -2.47. The first kappa shape index (κ1) is 66.4. The second kappa shape index (κ2) is 28.6. The van der Waals surface area contributed by atoms with Gasteiger partial charge < -0.3 is 42.5 Å². The molecule has 1 saturated carbocycles. The molecule has 1 aliphatic carbocycles. The number of hydrogen-bond donors (Lipinski definition) is 1. The number of fused-ring (bicyclic) bond motifs is 3. The Morgan fingerprint density at radius 1 is 0.724 bits per heavy atom. The molecule has 4 rings (SSSR count). The maximum Gasteiger partial charge on any atom is 0.329 e. The summed E-state index contributed by atoms with van der Waals surface area (Å²) >= 11 is 0. The smallest absolute Gasteiger partial charge is 0.329 e. The molecule has 3 aliphatic heterocycles. The van der Waals surface area contributed by atoms with Crippen molar-refractivity contribution in [1.29, 1.82) is 0 Å². The van der Waals surface area contributed by atoms with Crippen molar-refractivity contribution in [2.75, 3.05) is 27.9 Å². The van der Waals surface area contributed by atoms with E-state index in [0.29, 0.717) is 48.7 Å². The van der Waals surface area contributed by atoms with Gasteiger partial charge in [-0.25, -0.2) is 4.79 Å². The number of rotatable bonds is 16. The minimum atomic E-state index is -2.67. The van der Waals surface area contributed by atoms with Crippen LogP contribution in [0.2, 0.25) is 33.2 Å². The molecule has 0 aromatic heterocycles. The number of aliphatic hydroxyl groups is 1. The highest BCUT2D eigenvalue weighted by molar-refractivity contribution is 6.78. The average Bonchev–Trinajstić information content (AvgIpc) is 3.35. The summed E-state index contributed by atoms with van der Waals surface area (Å²) < 4.78 is 46.7. The third-order valence-electron chi connectivity index (χ3n) is 19.0. The number of allylic oxidation sites excluding steroid dienone is 3. The lowest BCUT2D eigenvalue weighted by atomic mass is 9.81. The number of ketones is 2. The molecular formula is C61H109NO12Si2. The van der Waals surface area contributed by atoms with E-state index in [-0.39, 0.29) is 78.2 Å². The van der Waals surface area contributed by atoms with E-state index >= 15 is 9.59 Å². The molecule has 4 aliphatic rings. The van der Waals surface area contributed by atoms with Gasteiger partial charge in [-0.3, -0.25) is 14.4 Å². The van der Waals surface area contributed by atoms with Crippen LogP contribution in [0, 0.1) is 29.6 Å². The Bertz CT molecular complexity index is 1930. The zero-order valence-electron chi connectivity index (χ0n) is 51.5. The molecule has 0 aromatic carbocycles. The van der Waals surface area contributed by atoms with Gasteiger partial charge in [0, 0.05) is 52.0 Å². The molecule has 1 amide bonds. The number of cyclic esters (lactones) is 1. The molecule has 15 heteroatoms. The number of piperidine rings is 1. The van der Waals surface area contributed by atoms with Crippen molar-refractivity contribution in [2.24, 2.45) is 29.6 Å². The minimum absolute atomic E-state index is 0.0385. The topological polar surface area (TPSA) is 156 Å². The van der Waals surface area contributed by atoms with Crippen LogP contribution in [0.4, 0.5) is 0 Å². The SMILES string of the molecule is CCC1C=C(C)CC(C)CC(OC)C2OC(O)(C(=O)C(=O)N3CCCCC3C(=O)OC(C(C)=CC3CCC(O[Si](C(C)C)(C(C)C)C(C)C)C(OC)C3)C(C)C(O[Si](C(C)C)(C(C)C)C(C)C)CC1=O)C(C)CC2OC. The average molecular weight is 1100 g/mol. The zero-order chi connectivity index (χ0) is 57.4. The van der Waals surface area contributed by atoms with Crippen LogP contribution in [0.15, 0.2) is 23.3 Å². The summed E-state index contributed by atoms with van der Waals surface area (Å²) in [7, 11) is 0.0403. The molecule has 3 fully saturated rings. The maximum absolute atomic E-state index is 15.3. The molecule has 0 spiro atoms. The highest BCUT2D eigenvalue weighted by Crippen LogP contribution is 2.48. The Labute approximate surface area is 463 Å². The summed E-state index contributed by atoms with van der Waals surface area (Å²) in [6, 6.07) is -1.11. The van der Waals surface area contributed by atoms with Gasteiger partial charge in [0.15, 0.2) is 0 Å². The number of amides is 1. The Balaban J connectivity index is 1.93. The van der Waals surface area contributed by atoms with E-state index in [1.54, 1.807) is 28.3 Å². The van der Waals surface area contributed by atoms with Crippen LogP contribution < -0.4 is 0 Å². The highest BCUT2D eigenvalue weighted by Gasteiger charge is 2.57. The molecule has 438 valence electrons. The predicted octanol–water partition coefficient (Wildman–Crippen LogP) is 12.9. The summed E-state index contributed by atoms with van der Waals surface area (Å²) in [6.07, 6.45) is 6.70. The lowest BCUT2D eigenvalue weighted by Crippen LogP contribution is -2.64. The molecule has 14 unspecified atom stereocenters. The van der Waals surface area contributed by atoms with Gasteiger partial charge in [-0.1, -0.05) is 129 Å². The van der Waals surface area contributed by atoms with Crippen molar-refractivity contribution >= 4 is 40.1 Å². The molecule has 2 saturated heterocycles. The maximum atomic E-state index is 15.3. The third-order valence-corrected chi connectivity index (χ3v) is 31.2. The van der Waals surface area contributed by atoms with Crippen LogP contribution in [0.3, 0.4) is 0 Å². The first-order chi connectivity index (χ1) is 35.5. The monoisotopic (exact) mass is 1100 g/mol. The van der Waals surface area contributed by atoms with E-state index in [9.17, 15) is 14.7 Å². The summed E-state index contributed by atoms with van der Waals surface area (Å²) in [5.74, 6) is -6.73. The Hall–Kier alpha value is -2.09. The van der Waals surface area contributed by atoms with E-state index in [1.807, 2.05) is 6.92 Å². The van der Waals surface area contributed by atoms with Gasteiger partial charge in [0.2, 0.25) is 22.4 Å². The minimum Gasteiger partial charge on any atom is -0.456 e. The fourth-order valence-electron chi connectivity index (χ4n) is 15.0. The van der Waals surface area contributed by atoms with E-state index in [2.05, 4.69) is 123 Å². The molecule has 3 heterocycles. The third kappa shape index (κ3) is 14.7. The summed E-state index contributed by atoms with van der Waals surface area (Å²) in [6.45, 7) is 39.5. The van der Waals surface area contributed by atoms with Crippen molar-refractivity contribution < 1.29 is 56.8 Å². The second-order valence-corrected chi connectivity index (χ2v) is 36.8. The first-order valence-electron chi connectivity index (χ1n) is 29.8. The number of nitrogens with zero attached hydrogens (tertiary/aromatic N) is 1. The molecule has 1 N–H and O–H groups in total. The first-order valence-corrected chi connectivity index (χ1v) is 34.1. The van der Waals surface area contributed by atoms with Gasteiger partial charge in [-0.2, -0.15) is 0 Å². The molecule has 0 aromatic rings. The molecule has 76 heavy (non-hydrogen) atoms. The van der Waals surface area contributed by atoms with E-state index in [0.717, 1.165) is 30.4 Å². The molecular weight excluding hydrogens is 995 g/mol. The number of esters is 1. The van der Waals surface area contributed by atoms with Crippen LogP contribution in [0.5, 0.6) is 0 Å². The second-order valence-electron chi connectivity index (χ2n) is 26.0. The Morgan fingerprint density at radius 3 is 1.76 bits per heavy atom. The standard InChI is InChI=1S/C61H109NO12Si2/c1-22-48-30-42(14)29-43(15)31-54(69-20)57-55(70-21)33-45(17)61(67,72-57)58(64)59(65)62-28-24-23-25-49(62)60(66)71-56(46(18)52(35-50(48)63)74-76(39(8)9,40(10)11)41(12)13)44(16)32-47-26-27-51(53(34-47)68-19)73-75(36(2)3,37(4)5)38(6)7/h30,32,36-41,43,45-49,51-57,67H,22-29,31,33-35H2,1-21H3. The summed E-state index contributed by atoms with van der Waals surface area (Å²) in [5.41, 5.74) is 3.84. The molecule has 2 bridgehead atoms.